The van der Waals surface area contributed by atoms with Crippen molar-refractivity contribution in [1.82, 2.24) is 9.80 Å². The van der Waals surface area contributed by atoms with Crippen LogP contribution in [0.15, 0.2) is 30.3 Å². The first-order valence-electron chi connectivity index (χ1n) is 11.6. The summed E-state index contributed by atoms with van der Waals surface area (Å²) >= 11 is 0. The molecule has 3 nitrogen and oxygen atoms in total. The van der Waals surface area contributed by atoms with Crippen molar-refractivity contribution in [1.29, 1.82) is 5.26 Å². The van der Waals surface area contributed by atoms with Crippen molar-refractivity contribution in [2.45, 2.75) is 65.2 Å². The summed E-state index contributed by atoms with van der Waals surface area (Å²) in [4.78, 5) is 5.04. The van der Waals surface area contributed by atoms with Crippen LogP contribution in [0.5, 0.6) is 0 Å². The van der Waals surface area contributed by atoms with Gasteiger partial charge in [0.25, 0.3) is 0 Å². The van der Waals surface area contributed by atoms with Crippen LogP contribution in [0.2, 0.25) is 0 Å². The van der Waals surface area contributed by atoms with Crippen molar-refractivity contribution in [2.24, 2.45) is 11.8 Å². The number of nitrogens with zero attached hydrogens (tertiary/aromatic N) is 3. The van der Waals surface area contributed by atoms with Gasteiger partial charge in [-0.15, -0.1) is 0 Å². The molecule has 1 fully saturated rings. The first-order chi connectivity index (χ1) is 13.7. The van der Waals surface area contributed by atoms with Crippen molar-refractivity contribution in [3.8, 4) is 6.07 Å². The minimum Gasteiger partial charge on any atom is -0.303 e. The molecule has 1 aliphatic carbocycles. The zero-order valence-electron chi connectivity index (χ0n) is 18.7. The predicted octanol–water partition coefficient (Wildman–Crippen LogP) is 5.33. The summed E-state index contributed by atoms with van der Waals surface area (Å²) in [6, 6.07) is 13.7. The van der Waals surface area contributed by atoms with Crippen molar-refractivity contribution in [3.63, 3.8) is 0 Å². The van der Waals surface area contributed by atoms with Crippen LogP contribution in [0.1, 0.15) is 65.4 Å². The summed E-state index contributed by atoms with van der Waals surface area (Å²) in [6.45, 7) is 15.2. The van der Waals surface area contributed by atoms with Crippen molar-refractivity contribution < 1.29 is 0 Å². The Morgan fingerprint density at radius 1 is 0.893 bits per heavy atom. The smallest absolute Gasteiger partial charge is 0.0902 e. The minimum atomic E-state index is -0.396. The lowest BCUT2D eigenvalue weighted by atomic mass is 9.59. The van der Waals surface area contributed by atoms with E-state index in [-0.39, 0.29) is 0 Å². The molecule has 0 N–H and O–H groups in total. The molecule has 0 heterocycles. The monoisotopic (exact) mass is 383 g/mol. The van der Waals surface area contributed by atoms with Gasteiger partial charge in [-0.25, -0.2) is 0 Å². The molecule has 0 spiro atoms. The van der Waals surface area contributed by atoms with Gasteiger partial charge in [-0.2, -0.15) is 5.26 Å². The average Bonchev–Trinajstić information content (AvgIpc) is 2.77. The second-order valence-corrected chi connectivity index (χ2v) is 8.35. The molecule has 2 rings (SSSR count). The first-order valence-corrected chi connectivity index (χ1v) is 11.6. The van der Waals surface area contributed by atoms with E-state index in [0.717, 1.165) is 39.3 Å². The lowest BCUT2D eigenvalue weighted by molar-refractivity contribution is 0.101. The molecule has 0 saturated heterocycles. The molecule has 1 unspecified atom stereocenters. The Hall–Kier alpha value is -1.37. The van der Waals surface area contributed by atoms with Crippen molar-refractivity contribution in [3.05, 3.63) is 35.9 Å². The highest BCUT2D eigenvalue weighted by molar-refractivity contribution is 5.36. The lowest BCUT2D eigenvalue weighted by Gasteiger charge is -2.46. The maximum atomic E-state index is 10.8. The Bertz CT molecular complexity index is 566. The Labute approximate surface area is 173 Å². The third-order valence-electron chi connectivity index (χ3n) is 7.08. The normalized spacial score (nSPS) is 17.8. The van der Waals surface area contributed by atoms with E-state index in [1.807, 2.05) is 0 Å². The summed E-state index contributed by atoms with van der Waals surface area (Å²) in [5.74, 6) is 0.785. The van der Waals surface area contributed by atoms with Crippen LogP contribution in [0.3, 0.4) is 0 Å². The molecule has 1 aliphatic rings. The summed E-state index contributed by atoms with van der Waals surface area (Å²) in [7, 11) is 0. The standard InChI is InChI=1S/C25H41N3/c1-5-27(6-2)19-24(20-28(7-3)8-4)25(21-26,22-15-11-9-12-16-22)23-17-13-10-14-18-23/h9,11-12,15-16,23-24H,5-8,10,13-14,17-20H2,1-4H3. The zero-order valence-corrected chi connectivity index (χ0v) is 18.7. The molecule has 1 aromatic carbocycles. The topological polar surface area (TPSA) is 30.3 Å². The molecule has 0 bridgehead atoms. The SMILES string of the molecule is CCN(CC)CC(CN(CC)CC)C(C#N)(c1ccccc1)C1CCCCC1. The van der Waals surface area contributed by atoms with E-state index in [2.05, 4.69) is 73.9 Å². The number of hydrogen-bond donors (Lipinski definition) is 0. The van der Waals surface area contributed by atoms with E-state index in [1.165, 1.54) is 37.7 Å². The van der Waals surface area contributed by atoms with Gasteiger partial charge in [0.15, 0.2) is 0 Å². The molecule has 1 atom stereocenters. The van der Waals surface area contributed by atoms with Crippen LogP contribution in [0.25, 0.3) is 0 Å². The molecule has 0 aliphatic heterocycles. The fourth-order valence-electron chi connectivity index (χ4n) is 5.26. The molecule has 0 aromatic heterocycles. The molecule has 0 amide bonds. The average molecular weight is 384 g/mol. The maximum absolute atomic E-state index is 10.8. The van der Waals surface area contributed by atoms with Crippen molar-refractivity contribution in [2.75, 3.05) is 39.3 Å². The van der Waals surface area contributed by atoms with Crippen LogP contribution >= 0.6 is 0 Å². The Balaban J connectivity index is 2.53. The van der Waals surface area contributed by atoms with Gasteiger partial charge in [-0.3, -0.25) is 0 Å². The molecular weight excluding hydrogens is 342 g/mol. The minimum absolute atomic E-state index is 0.322. The van der Waals surface area contributed by atoms with Gasteiger partial charge >= 0.3 is 0 Å². The second-order valence-electron chi connectivity index (χ2n) is 8.35. The first kappa shape index (κ1) is 22.9. The Morgan fingerprint density at radius 2 is 1.39 bits per heavy atom. The fourth-order valence-corrected chi connectivity index (χ4v) is 5.26. The van der Waals surface area contributed by atoms with Crippen LogP contribution in [-0.4, -0.2) is 49.1 Å². The van der Waals surface area contributed by atoms with Gasteiger partial charge < -0.3 is 9.80 Å². The summed E-state index contributed by atoms with van der Waals surface area (Å²) in [5, 5.41) is 10.8. The lowest BCUT2D eigenvalue weighted by Crippen LogP contribution is -2.51. The van der Waals surface area contributed by atoms with E-state index in [1.54, 1.807) is 0 Å². The van der Waals surface area contributed by atoms with Crippen LogP contribution in [0.4, 0.5) is 0 Å². The summed E-state index contributed by atoms with van der Waals surface area (Å²) in [5.41, 5.74) is 0.848. The Kier molecular flexibility index (Phi) is 9.48. The quantitative estimate of drug-likeness (QED) is 0.517. The second kappa shape index (κ2) is 11.6. The van der Waals surface area contributed by atoms with E-state index < -0.39 is 5.41 Å². The van der Waals surface area contributed by atoms with E-state index >= 15 is 0 Å². The Morgan fingerprint density at radius 3 is 1.82 bits per heavy atom. The van der Waals surface area contributed by atoms with Crippen molar-refractivity contribution >= 4 is 0 Å². The van der Waals surface area contributed by atoms with E-state index in [0.29, 0.717) is 11.8 Å². The van der Waals surface area contributed by atoms with Gasteiger partial charge in [-0.1, -0.05) is 77.3 Å². The molecule has 3 heteroatoms. The van der Waals surface area contributed by atoms with Crippen LogP contribution in [0, 0.1) is 23.2 Å². The third-order valence-corrected chi connectivity index (χ3v) is 7.08. The largest absolute Gasteiger partial charge is 0.303 e. The van der Waals surface area contributed by atoms with Crippen LogP contribution in [-0.2, 0) is 5.41 Å². The fraction of sp³-hybridized carbons (Fsp3) is 0.720. The van der Waals surface area contributed by atoms with Gasteiger partial charge in [-0.05, 0) is 50.5 Å². The number of hydrogen-bond acceptors (Lipinski definition) is 3. The summed E-state index contributed by atoms with van der Waals surface area (Å²) < 4.78 is 0. The molecule has 156 valence electrons. The highest BCUT2D eigenvalue weighted by atomic mass is 15.1. The van der Waals surface area contributed by atoms with Gasteiger partial charge in [0.05, 0.1) is 11.5 Å². The van der Waals surface area contributed by atoms with Crippen LogP contribution < -0.4 is 0 Å². The van der Waals surface area contributed by atoms with E-state index in [9.17, 15) is 5.26 Å². The van der Waals surface area contributed by atoms with Gasteiger partial charge in [0.1, 0.15) is 0 Å². The van der Waals surface area contributed by atoms with E-state index in [4.69, 9.17) is 0 Å². The molecule has 1 aromatic rings. The van der Waals surface area contributed by atoms with Gasteiger partial charge in [0, 0.05) is 19.0 Å². The number of rotatable bonds is 11. The molecule has 28 heavy (non-hydrogen) atoms. The summed E-state index contributed by atoms with van der Waals surface area (Å²) in [6.07, 6.45) is 6.24. The third kappa shape index (κ3) is 5.16. The highest BCUT2D eigenvalue weighted by Gasteiger charge is 2.48. The van der Waals surface area contributed by atoms with Gasteiger partial charge in [0.2, 0.25) is 0 Å². The highest BCUT2D eigenvalue weighted by Crippen LogP contribution is 2.46. The predicted molar refractivity (Wildman–Crippen MR) is 119 cm³/mol. The number of benzene rings is 1. The zero-order chi connectivity index (χ0) is 20.4. The number of nitriles is 1. The maximum Gasteiger partial charge on any atom is 0.0902 e. The molecule has 0 radical (unpaired) electrons. The molecule has 1 saturated carbocycles. The molecular formula is C25H41N3.